The fraction of sp³-hybridized carbons (Fsp3) is 0.800. The number of ether oxygens (including phenoxy) is 1. The van der Waals surface area contributed by atoms with Crippen LogP contribution in [0.1, 0.15) is 72.1 Å². The Morgan fingerprint density at radius 1 is 1.06 bits per heavy atom. The lowest BCUT2D eigenvalue weighted by Gasteiger charge is -2.07. The first kappa shape index (κ1) is 16.2. The van der Waals surface area contributed by atoms with Crippen molar-refractivity contribution in [1.82, 2.24) is 0 Å². The summed E-state index contributed by atoms with van der Waals surface area (Å²) in [6, 6.07) is 0. The standard InChI is InChI=1S/C15H28O2/c1-4-5-6-7-8-9-10-11-12-13-15(16)17-14(2)3/h5-6,14H,4,7-13H2,1-3H3. The highest BCUT2D eigenvalue weighted by Crippen LogP contribution is 2.08. The number of hydrogen-bond acceptors (Lipinski definition) is 2. The summed E-state index contributed by atoms with van der Waals surface area (Å²) in [5.41, 5.74) is 0. The lowest BCUT2D eigenvalue weighted by atomic mass is 10.1. The number of esters is 1. The van der Waals surface area contributed by atoms with Crippen molar-refractivity contribution >= 4 is 5.97 Å². The molecule has 0 aromatic heterocycles. The first-order valence-electron chi connectivity index (χ1n) is 7.01. The van der Waals surface area contributed by atoms with Crippen LogP contribution < -0.4 is 0 Å². The van der Waals surface area contributed by atoms with E-state index in [1.807, 2.05) is 13.8 Å². The Kier molecular flexibility index (Phi) is 11.1. The van der Waals surface area contributed by atoms with E-state index in [1.165, 1.54) is 25.7 Å². The maximum Gasteiger partial charge on any atom is 0.306 e. The van der Waals surface area contributed by atoms with Crippen molar-refractivity contribution in [3.8, 4) is 0 Å². The molecule has 0 saturated heterocycles. The lowest BCUT2D eigenvalue weighted by molar-refractivity contribution is -0.147. The van der Waals surface area contributed by atoms with E-state index in [4.69, 9.17) is 4.74 Å². The van der Waals surface area contributed by atoms with Gasteiger partial charge in [0.05, 0.1) is 6.10 Å². The van der Waals surface area contributed by atoms with E-state index in [1.54, 1.807) is 0 Å². The zero-order valence-electron chi connectivity index (χ0n) is 11.7. The van der Waals surface area contributed by atoms with Crippen molar-refractivity contribution in [2.24, 2.45) is 0 Å². The molecule has 0 aliphatic carbocycles. The van der Waals surface area contributed by atoms with E-state index in [0.29, 0.717) is 6.42 Å². The van der Waals surface area contributed by atoms with Gasteiger partial charge in [-0.25, -0.2) is 0 Å². The third kappa shape index (κ3) is 13.1. The van der Waals surface area contributed by atoms with Crippen molar-refractivity contribution in [3.63, 3.8) is 0 Å². The molecular weight excluding hydrogens is 212 g/mol. The monoisotopic (exact) mass is 240 g/mol. The van der Waals surface area contributed by atoms with E-state index < -0.39 is 0 Å². The molecule has 0 aliphatic heterocycles. The second-order valence-corrected chi connectivity index (χ2v) is 4.72. The van der Waals surface area contributed by atoms with Gasteiger partial charge in [0.2, 0.25) is 0 Å². The molecule has 0 heterocycles. The normalized spacial score (nSPS) is 11.3. The minimum atomic E-state index is -0.0501. The smallest absolute Gasteiger partial charge is 0.306 e. The summed E-state index contributed by atoms with van der Waals surface area (Å²) in [6.07, 6.45) is 13.3. The van der Waals surface area contributed by atoms with E-state index in [0.717, 1.165) is 19.3 Å². The Hall–Kier alpha value is -0.790. The summed E-state index contributed by atoms with van der Waals surface area (Å²) in [4.78, 5) is 11.2. The Morgan fingerprint density at radius 3 is 2.35 bits per heavy atom. The highest BCUT2D eigenvalue weighted by Gasteiger charge is 2.04. The van der Waals surface area contributed by atoms with Crippen LogP contribution in [0.2, 0.25) is 0 Å². The molecule has 2 nitrogen and oxygen atoms in total. The second kappa shape index (κ2) is 11.7. The fourth-order valence-corrected chi connectivity index (χ4v) is 1.67. The Bertz CT molecular complexity index is 207. The van der Waals surface area contributed by atoms with Crippen LogP contribution >= 0.6 is 0 Å². The molecule has 0 N–H and O–H groups in total. The average molecular weight is 240 g/mol. The third-order valence-electron chi connectivity index (χ3n) is 2.52. The zero-order chi connectivity index (χ0) is 12.9. The molecule has 0 aromatic rings. The molecule has 0 rings (SSSR count). The zero-order valence-corrected chi connectivity index (χ0v) is 11.7. The van der Waals surface area contributed by atoms with E-state index >= 15 is 0 Å². The SMILES string of the molecule is CCC=CCCCCCCCC(=O)OC(C)C. The van der Waals surface area contributed by atoms with Crippen LogP contribution in [0.5, 0.6) is 0 Å². The summed E-state index contributed by atoms with van der Waals surface area (Å²) >= 11 is 0. The summed E-state index contributed by atoms with van der Waals surface area (Å²) in [5, 5.41) is 0. The molecule has 0 bridgehead atoms. The third-order valence-corrected chi connectivity index (χ3v) is 2.52. The molecule has 0 fully saturated rings. The molecular formula is C15H28O2. The molecule has 17 heavy (non-hydrogen) atoms. The van der Waals surface area contributed by atoms with Crippen LogP contribution in [0, 0.1) is 0 Å². The van der Waals surface area contributed by atoms with Gasteiger partial charge in [0.1, 0.15) is 0 Å². The molecule has 0 radical (unpaired) electrons. The van der Waals surface area contributed by atoms with Gasteiger partial charge in [-0.15, -0.1) is 0 Å². The molecule has 0 unspecified atom stereocenters. The van der Waals surface area contributed by atoms with Gasteiger partial charge in [-0.3, -0.25) is 4.79 Å². The largest absolute Gasteiger partial charge is 0.463 e. The predicted octanol–water partition coefficient (Wildman–Crippen LogP) is 4.63. The van der Waals surface area contributed by atoms with Gasteiger partial charge < -0.3 is 4.74 Å². The topological polar surface area (TPSA) is 26.3 Å². The minimum absolute atomic E-state index is 0.0212. The molecule has 0 spiro atoms. The number of allylic oxidation sites excluding steroid dienone is 2. The number of rotatable bonds is 10. The maximum atomic E-state index is 11.2. The number of carbonyl (C=O) groups excluding carboxylic acids is 1. The summed E-state index contributed by atoms with van der Waals surface area (Å²) in [6.45, 7) is 5.94. The molecule has 0 aliphatic rings. The van der Waals surface area contributed by atoms with Crippen LogP contribution in [-0.4, -0.2) is 12.1 Å². The van der Waals surface area contributed by atoms with Gasteiger partial charge in [0, 0.05) is 6.42 Å². The molecule has 0 amide bonds. The van der Waals surface area contributed by atoms with Gasteiger partial charge in [-0.2, -0.15) is 0 Å². The average Bonchev–Trinajstić information content (AvgIpc) is 2.26. The number of unbranched alkanes of at least 4 members (excludes halogenated alkanes) is 5. The highest BCUT2D eigenvalue weighted by molar-refractivity contribution is 5.69. The van der Waals surface area contributed by atoms with Gasteiger partial charge in [0.15, 0.2) is 0 Å². The first-order valence-corrected chi connectivity index (χ1v) is 7.01. The van der Waals surface area contributed by atoms with Crippen LogP contribution in [-0.2, 0) is 9.53 Å². The molecule has 0 aromatic carbocycles. The predicted molar refractivity (Wildman–Crippen MR) is 73.0 cm³/mol. The Labute approximate surface area is 106 Å². The molecule has 100 valence electrons. The maximum absolute atomic E-state index is 11.2. The second-order valence-electron chi connectivity index (χ2n) is 4.72. The van der Waals surface area contributed by atoms with Gasteiger partial charge in [0.25, 0.3) is 0 Å². The summed E-state index contributed by atoms with van der Waals surface area (Å²) < 4.78 is 5.07. The fourth-order valence-electron chi connectivity index (χ4n) is 1.67. The highest BCUT2D eigenvalue weighted by atomic mass is 16.5. The van der Waals surface area contributed by atoms with Crippen LogP contribution in [0.4, 0.5) is 0 Å². The lowest BCUT2D eigenvalue weighted by Crippen LogP contribution is -2.10. The minimum Gasteiger partial charge on any atom is -0.463 e. The van der Waals surface area contributed by atoms with Crippen molar-refractivity contribution in [3.05, 3.63) is 12.2 Å². The van der Waals surface area contributed by atoms with E-state index in [2.05, 4.69) is 19.1 Å². The Morgan fingerprint density at radius 2 is 1.71 bits per heavy atom. The van der Waals surface area contributed by atoms with E-state index in [-0.39, 0.29) is 12.1 Å². The summed E-state index contributed by atoms with van der Waals surface area (Å²) in [5.74, 6) is -0.0501. The molecule has 0 saturated carbocycles. The first-order chi connectivity index (χ1) is 8.16. The molecule has 2 heteroatoms. The number of hydrogen-bond donors (Lipinski definition) is 0. The Balaban J connectivity index is 3.18. The van der Waals surface area contributed by atoms with Crippen molar-refractivity contribution in [2.75, 3.05) is 0 Å². The molecule has 0 atom stereocenters. The summed E-state index contributed by atoms with van der Waals surface area (Å²) in [7, 11) is 0. The van der Waals surface area contributed by atoms with Gasteiger partial charge in [-0.1, -0.05) is 38.3 Å². The van der Waals surface area contributed by atoms with Gasteiger partial charge >= 0.3 is 5.97 Å². The van der Waals surface area contributed by atoms with Crippen LogP contribution in [0.25, 0.3) is 0 Å². The van der Waals surface area contributed by atoms with Crippen molar-refractivity contribution < 1.29 is 9.53 Å². The number of carbonyl (C=O) groups is 1. The quantitative estimate of drug-likeness (QED) is 0.316. The van der Waals surface area contributed by atoms with Crippen LogP contribution in [0.3, 0.4) is 0 Å². The van der Waals surface area contributed by atoms with Crippen molar-refractivity contribution in [2.45, 2.75) is 78.2 Å². The van der Waals surface area contributed by atoms with Crippen molar-refractivity contribution in [1.29, 1.82) is 0 Å². The van der Waals surface area contributed by atoms with E-state index in [9.17, 15) is 4.79 Å². The van der Waals surface area contributed by atoms with Crippen LogP contribution in [0.15, 0.2) is 12.2 Å². The van der Waals surface area contributed by atoms with Gasteiger partial charge in [-0.05, 0) is 39.5 Å².